The quantitative estimate of drug-likeness (QED) is 0.122. The molecule has 522 valence electrons. The van der Waals surface area contributed by atoms with Gasteiger partial charge in [-0.25, -0.2) is 0 Å². The van der Waals surface area contributed by atoms with Gasteiger partial charge in [-0.05, 0) is 294 Å². The van der Waals surface area contributed by atoms with Crippen LogP contribution in [-0.2, 0) is 0 Å². The highest BCUT2D eigenvalue weighted by atomic mass is 15.0. The molecule has 13 aromatic carbocycles. The molecule has 0 saturated heterocycles. The van der Waals surface area contributed by atoms with Crippen LogP contribution >= 0.6 is 0 Å². The van der Waals surface area contributed by atoms with Gasteiger partial charge < -0.3 is 9.13 Å². The third-order valence-electron chi connectivity index (χ3n) is 21.3. The van der Waals surface area contributed by atoms with Crippen molar-refractivity contribution in [2.75, 3.05) is 0 Å². The lowest BCUT2D eigenvalue weighted by Crippen LogP contribution is -2.02. The zero-order valence-corrected chi connectivity index (χ0v) is 65.6. The van der Waals surface area contributed by atoms with E-state index in [2.05, 4.69) is 385 Å². The number of nitrogens with zero attached hydrogens (tertiary/aromatic N) is 2. The van der Waals surface area contributed by atoms with Gasteiger partial charge in [-0.2, -0.15) is 0 Å². The zero-order valence-electron chi connectivity index (χ0n) is 65.6. The maximum Gasteiger partial charge on any atom is 0.0541 e. The van der Waals surface area contributed by atoms with Crippen LogP contribution in [0.25, 0.3) is 122 Å². The lowest BCUT2D eigenvalue weighted by atomic mass is 9.89. The topological polar surface area (TPSA) is 9.86 Å². The first-order chi connectivity index (χ1) is 49.6. The minimum Gasteiger partial charge on any atom is -0.309 e. The van der Waals surface area contributed by atoms with Crippen molar-refractivity contribution in [2.24, 2.45) is 0 Å². The first-order valence-corrected chi connectivity index (χ1v) is 37.7. The zero-order chi connectivity index (χ0) is 73.9. The van der Waals surface area contributed by atoms with Crippen LogP contribution in [0.1, 0.15) is 159 Å². The van der Waals surface area contributed by atoms with Gasteiger partial charge in [0, 0.05) is 27.2 Å². The number of fused-ring (bicyclic) bond motifs is 6. The molecule has 0 amide bonds. The van der Waals surface area contributed by atoms with Gasteiger partial charge in [0.15, 0.2) is 0 Å². The van der Waals surface area contributed by atoms with Gasteiger partial charge in [0.1, 0.15) is 0 Å². The van der Waals surface area contributed by atoms with Crippen LogP contribution in [-0.4, -0.2) is 9.13 Å². The van der Waals surface area contributed by atoms with Crippen molar-refractivity contribution in [3.8, 4) is 78.1 Å². The van der Waals surface area contributed by atoms with E-state index in [0.29, 0.717) is 17.8 Å². The van der Waals surface area contributed by atoms with Crippen molar-refractivity contribution in [2.45, 2.75) is 163 Å². The minimum absolute atomic E-state index is 0.505. The molecule has 15 aromatic rings. The lowest BCUT2D eigenvalue weighted by Gasteiger charge is -2.18. The van der Waals surface area contributed by atoms with Crippen molar-refractivity contribution in [1.29, 1.82) is 0 Å². The molecule has 15 rings (SSSR count). The van der Waals surface area contributed by atoms with E-state index < -0.39 is 0 Å². The summed E-state index contributed by atoms with van der Waals surface area (Å²) in [6.45, 7) is 46.6. The fraction of sp³-hybridized carbons (Fsp3) is 0.235. The van der Waals surface area contributed by atoms with Crippen LogP contribution in [0, 0.1) is 104 Å². The largest absolute Gasteiger partial charge is 0.309 e. The average molecular weight is 1360 g/mol. The van der Waals surface area contributed by atoms with Crippen molar-refractivity contribution in [1.82, 2.24) is 9.13 Å². The molecule has 0 radical (unpaired) electrons. The summed E-state index contributed by atoms with van der Waals surface area (Å²) in [6.07, 6.45) is 0. The molecular weight excluding hydrogens is 1250 g/mol. The van der Waals surface area contributed by atoms with Gasteiger partial charge in [0.05, 0.1) is 27.8 Å². The van der Waals surface area contributed by atoms with Crippen LogP contribution in [0.15, 0.2) is 231 Å². The maximum absolute atomic E-state index is 2.50. The summed E-state index contributed by atoms with van der Waals surface area (Å²) in [7, 11) is 0. The summed E-state index contributed by atoms with van der Waals surface area (Å²) >= 11 is 0. The Hall–Kier alpha value is -10.5. The van der Waals surface area contributed by atoms with Crippen LogP contribution in [0.3, 0.4) is 0 Å². The SMILES string of the molecule is Cc1cc(C)cc(-c2ccc3c(c2)c2cc(-c4cc(C)cc(C)c4)ccc2n3-c2c(C)cc(C(C)C)cc2C)c1.Cc1cc(C)cc(-c2ccc3c(c2)c2cc(-c4cc(C)cc(C)c4)ccc2n3-c2ccc(C(C)C)cc2C)c1.Cc1ccc(-c2cc(-c3ccc(C)cc3C)cc(C(C)C)c2)c(C)c1. The summed E-state index contributed by atoms with van der Waals surface area (Å²) < 4.78 is 4.96. The fourth-order valence-electron chi connectivity index (χ4n) is 16.4. The molecular formula is C102H104N2. The first kappa shape index (κ1) is 71.8. The predicted octanol–water partition coefficient (Wildman–Crippen LogP) is 29.3. The van der Waals surface area contributed by atoms with Crippen molar-refractivity contribution < 1.29 is 0 Å². The summed E-state index contributed by atoms with van der Waals surface area (Å²) in [5, 5.41) is 5.18. The molecule has 0 aliphatic carbocycles. The molecule has 104 heavy (non-hydrogen) atoms. The summed E-state index contributed by atoms with van der Waals surface area (Å²) in [5.41, 5.74) is 46.8. The molecule has 0 spiro atoms. The van der Waals surface area contributed by atoms with Gasteiger partial charge in [-0.1, -0.05) is 267 Å². The van der Waals surface area contributed by atoms with Crippen molar-refractivity contribution in [3.05, 3.63) is 331 Å². The standard InChI is InChI=1S/C39H39N.C38H37N.C25H28/c1-23(2)32-19-28(7)39(29(8)20-32)40-37-11-9-30(33-15-24(3)13-25(4)16-33)21-35(37)36-22-31(10-12-38(36)40)34-17-26(5)14-27(6)18-34;1-23(2)29-8-11-36(28(7)20-29)39-37-12-9-30(32-16-24(3)14-25(4)17-32)21-34(37)35-22-31(10-13-38(35)39)33-18-26(5)15-27(6)19-33;1-16(2)21-13-22(24-9-7-17(3)11-19(24)5)15-23(14-21)25-10-8-18(4)12-20(25)6/h9-23H,1-8H3;8-23H,1-7H3;7-16H,1-6H3. The van der Waals surface area contributed by atoms with E-state index in [1.54, 1.807) is 0 Å². The third-order valence-corrected chi connectivity index (χ3v) is 21.3. The van der Waals surface area contributed by atoms with Crippen LogP contribution < -0.4 is 0 Å². The highest BCUT2D eigenvalue weighted by Crippen LogP contribution is 2.43. The molecule has 0 saturated carbocycles. The molecule has 0 aliphatic rings. The van der Waals surface area contributed by atoms with Crippen molar-refractivity contribution in [3.63, 3.8) is 0 Å². The second-order valence-corrected chi connectivity index (χ2v) is 31.6. The van der Waals surface area contributed by atoms with E-state index in [4.69, 9.17) is 0 Å². The summed E-state index contributed by atoms with van der Waals surface area (Å²) in [5.74, 6) is 1.53. The normalized spacial score (nSPS) is 11.6. The van der Waals surface area contributed by atoms with Gasteiger partial charge in [-0.15, -0.1) is 0 Å². The highest BCUT2D eigenvalue weighted by Gasteiger charge is 2.21. The van der Waals surface area contributed by atoms with Gasteiger partial charge in [0.25, 0.3) is 0 Å². The van der Waals surface area contributed by atoms with Crippen LogP contribution in [0.5, 0.6) is 0 Å². The number of rotatable bonds is 11. The van der Waals surface area contributed by atoms with E-state index in [1.807, 2.05) is 0 Å². The average Bonchev–Trinajstić information content (AvgIpc) is 1.58. The first-order valence-electron chi connectivity index (χ1n) is 37.7. The molecule has 0 aliphatic heterocycles. The summed E-state index contributed by atoms with van der Waals surface area (Å²) in [6, 6.07) is 87.6. The molecule has 0 bridgehead atoms. The third kappa shape index (κ3) is 14.9. The van der Waals surface area contributed by atoms with E-state index in [9.17, 15) is 0 Å². The maximum atomic E-state index is 2.50. The Morgan fingerprint density at radius 3 is 0.788 bits per heavy atom. The summed E-state index contributed by atoms with van der Waals surface area (Å²) in [4.78, 5) is 0. The molecule has 0 N–H and O–H groups in total. The Kier molecular flexibility index (Phi) is 20.2. The molecule has 2 aromatic heterocycles. The van der Waals surface area contributed by atoms with Gasteiger partial charge >= 0.3 is 0 Å². The molecule has 2 nitrogen and oxygen atoms in total. The van der Waals surface area contributed by atoms with E-state index >= 15 is 0 Å². The molecule has 0 unspecified atom stereocenters. The Labute approximate surface area is 620 Å². The number of aromatic nitrogens is 2. The minimum atomic E-state index is 0.505. The second kappa shape index (κ2) is 29.3. The lowest BCUT2D eigenvalue weighted by molar-refractivity contribution is 0.861. The molecule has 2 heteroatoms. The van der Waals surface area contributed by atoms with Gasteiger partial charge in [0.2, 0.25) is 0 Å². The monoisotopic (exact) mass is 1360 g/mol. The number of hydrogen-bond acceptors (Lipinski definition) is 0. The number of benzene rings is 13. The Bertz CT molecular complexity index is 5430. The molecule has 2 heterocycles. The van der Waals surface area contributed by atoms with E-state index in [0.717, 1.165) is 0 Å². The molecule has 0 atom stereocenters. The molecule has 0 fully saturated rings. The Morgan fingerprint density at radius 2 is 0.490 bits per heavy atom. The van der Waals surface area contributed by atoms with Crippen LogP contribution in [0.2, 0.25) is 0 Å². The van der Waals surface area contributed by atoms with Gasteiger partial charge in [-0.3, -0.25) is 0 Å². The van der Waals surface area contributed by atoms with E-state index in [1.165, 1.54) is 222 Å². The number of hydrogen-bond donors (Lipinski definition) is 0. The highest BCUT2D eigenvalue weighted by molar-refractivity contribution is 6.13. The number of aryl methyl sites for hydroxylation is 15. The van der Waals surface area contributed by atoms with Crippen LogP contribution in [0.4, 0.5) is 0 Å². The predicted molar refractivity (Wildman–Crippen MR) is 454 cm³/mol. The second-order valence-electron chi connectivity index (χ2n) is 31.6. The smallest absolute Gasteiger partial charge is 0.0541 e. The fourth-order valence-corrected chi connectivity index (χ4v) is 16.4. The Morgan fingerprint density at radius 1 is 0.192 bits per heavy atom. The van der Waals surface area contributed by atoms with E-state index in [-0.39, 0.29) is 0 Å². The Balaban J connectivity index is 0.000000143. The van der Waals surface area contributed by atoms with Crippen molar-refractivity contribution >= 4 is 43.6 Å².